The number of carbonyl (C=O) groups excluding carboxylic acids is 1. The van der Waals surface area contributed by atoms with Crippen molar-refractivity contribution in [2.24, 2.45) is 0 Å². The number of rotatable bonds is 8. The monoisotopic (exact) mass is 374 g/mol. The van der Waals surface area contributed by atoms with Crippen LogP contribution in [-0.4, -0.2) is 47.4 Å². The van der Waals surface area contributed by atoms with Crippen LogP contribution in [0.4, 0.5) is 10.5 Å². The SMILES string of the molecule is CCCc1noc(CN(C)C(=O)Nc2ccccc2OC[C@@H]2CCCO2)n1. The van der Waals surface area contributed by atoms with Crippen molar-refractivity contribution in [3.63, 3.8) is 0 Å². The Hall–Kier alpha value is -2.61. The molecule has 0 unspecified atom stereocenters. The van der Waals surface area contributed by atoms with E-state index in [0.717, 1.165) is 32.3 Å². The van der Waals surface area contributed by atoms with E-state index in [4.69, 9.17) is 14.0 Å². The molecule has 3 rings (SSSR count). The lowest BCUT2D eigenvalue weighted by Gasteiger charge is -2.18. The summed E-state index contributed by atoms with van der Waals surface area (Å²) in [5.74, 6) is 1.70. The van der Waals surface area contributed by atoms with Crippen LogP contribution in [0, 0.1) is 0 Å². The van der Waals surface area contributed by atoms with E-state index in [1.165, 1.54) is 4.90 Å². The Morgan fingerprint density at radius 1 is 1.41 bits per heavy atom. The van der Waals surface area contributed by atoms with Gasteiger partial charge in [0.15, 0.2) is 5.82 Å². The summed E-state index contributed by atoms with van der Waals surface area (Å²) in [4.78, 5) is 18.3. The second-order valence-electron chi connectivity index (χ2n) is 6.58. The van der Waals surface area contributed by atoms with Gasteiger partial charge in [0.2, 0.25) is 5.89 Å². The fourth-order valence-corrected chi connectivity index (χ4v) is 2.82. The highest BCUT2D eigenvalue weighted by atomic mass is 16.5. The lowest BCUT2D eigenvalue weighted by atomic mass is 10.2. The number of urea groups is 1. The summed E-state index contributed by atoms with van der Waals surface area (Å²) in [5.41, 5.74) is 0.615. The largest absolute Gasteiger partial charge is 0.489 e. The lowest BCUT2D eigenvalue weighted by molar-refractivity contribution is 0.0682. The maximum Gasteiger partial charge on any atom is 0.322 e. The molecule has 8 nitrogen and oxygen atoms in total. The standard InChI is InChI=1S/C19H26N4O4/c1-3-7-17-21-18(27-22-17)12-23(2)19(24)20-15-9-4-5-10-16(15)26-13-14-8-6-11-25-14/h4-5,9-10,14H,3,6-8,11-13H2,1-2H3,(H,20,24)/t14-/m0/s1. The van der Waals surface area contributed by atoms with E-state index in [1.54, 1.807) is 7.05 Å². The van der Waals surface area contributed by atoms with Crippen LogP contribution in [0.1, 0.15) is 37.9 Å². The number of benzene rings is 1. The molecule has 27 heavy (non-hydrogen) atoms. The predicted octanol–water partition coefficient (Wildman–Crippen LogP) is 3.24. The zero-order valence-corrected chi connectivity index (χ0v) is 15.8. The zero-order chi connectivity index (χ0) is 19.1. The van der Waals surface area contributed by atoms with Crippen LogP contribution in [-0.2, 0) is 17.7 Å². The molecule has 0 radical (unpaired) electrons. The molecule has 0 saturated carbocycles. The Morgan fingerprint density at radius 2 is 2.26 bits per heavy atom. The number of anilines is 1. The van der Waals surface area contributed by atoms with E-state index in [-0.39, 0.29) is 18.7 Å². The molecule has 1 N–H and O–H groups in total. The number of nitrogens with zero attached hydrogens (tertiary/aromatic N) is 3. The number of aryl methyl sites for hydroxylation is 1. The fraction of sp³-hybridized carbons (Fsp3) is 0.526. The van der Waals surface area contributed by atoms with Crippen LogP contribution < -0.4 is 10.1 Å². The summed E-state index contributed by atoms with van der Waals surface area (Å²) in [6.45, 7) is 3.55. The number of para-hydroxylation sites is 2. The first kappa shape index (κ1) is 19.2. The van der Waals surface area contributed by atoms with E-state index < -0.39 is 0 Å². The molecule has 1 aromatic heterocycles. The number of hydrogen-bond donors (Lipinski definition) is 1. The summed E-state index contributed by atoms with van der Waals surface area (Å²) < 4.78 is 16.6. The van der Waals surface area contributed by atoms with Crippen LogP contribution in [0.25, 0.3) is 0 Å². The van der Waals surface area contributed by atoms with Gasteiger partial charge in [0.05, 0.1) is 11.8 Å². The molecule has 1 aromatic carbocycles. The Kier molecular flexibility index (Phi) is 6.64. The van der Waals surface area contributed by atoms with E-state index in [2.05, 4.69) is 15.5 Å². The molecule has 1 saturated heterocycles. The van der Waals surface area contributed by atoms with Gasteiger partial charge in [0, 0.05) is 20.1 Å². The van der Waals surface area contributed by atoms with Crippen LogP contribution in [0.15, 0.2) is 28.8 Å². The summed E-state index contributed by atoms with van der Waals surface area (Å²) in [6, 6.07) is 7.09. The molecule has 8 heteroatoms. The molecule has 0 bridgehead atoms. The van der Waals surface area contributed by atoms with Gasteiger partial charge < -0.3 is 24.2 Å². The maximum atomic E-state index is 12.5. The molecule has 1 aliphatic heterocycles. The molecule has 0 spiro atoms. The topological polar surface area (TPSA) is 89.7 Å². The highest BCUT2D eigenvalue weighted by Gasteiger charge is 2.18. The number of carbonyl (C=O) groups is 1. The molecular weight excluding hydrogens is 348 g/mol. The van der Waals surface area contributed by atoms with Gasteiger partial charge >= 0.3 is 6.03 Å². The molecule has 1 atom stereocenters. The smallest absolute Gasteiger partial charge is 0.322 e. The highest BCUT2D eigenvalue weighted by molar-refractivity contribution is 5.90. The van der Waals surface area contributed by atoms with Gasteiger partial charge in [-0.05, 0) is 31.4 Å². The lowest BCUT2D eigenvalue weighted by Crippen LogP contribution is -2.31. The van der Waals surface area contributed by atoms with Gasteiger partial charge in [-0.25, -0.2) is 4.79 Å². The molecular formula is C19H26N4O4. The van der Waals surface area contributed by atoms with Crippen molar-refractivity contribution in [3.05, 3.63) is 36.0 Å². The summed E-state index contributed by atoms with van der Waals surface area (Å²) >= 11 is 0. The van der Waals surface area contributed by atoms with Crippen molar-refractivity contribution in [2.75, 3.05) is 25.6 Å². The quantitative estimate of drug-likeness (QED) is 0.763. The number of amides is 2. The number of ether oxygens (including phenoxy) is 2. The van der Waals surface area contributed by atoms with Crippen LogP contribution in [0.3, 0.4) is 0 Å². The molecule has 2 amide bonds. The Labute approximate surface area is 158 Å². The average Bonchev–Trinajstić information content (AvgIpc) is 3.33. The van der Waals surface area contributed by atoms with Crippen molar-refractivity contribution in [3.8, 4) is 5.75 Å². The first-order chi connectivity index (χ1) is 13.2. The Morgan fingerprint density at radius 3 is 3.04 bits per heavy atom. The van der Waals surface area contributed by atoms with Crippen molar-refractivity contribution < 1.29 is 18.8 Å². The third kappa shape index (κ3) is 5.43. The minimum Gasteiger partial charge on any atom is -0.489 e. The predicted molar refractivity (Wildman–Crippen MR) is 99.7 cm³/mol. The first-order valence-corrected chi connectivity index (χ1v) is 9.32. The number of aromatic nitrogens is 2. The summed E-state index contributed by atoms with van der Waals surface area (Å²) in [5, 5.41) is 6.77. The van der Waals surface area contributed by atoms with E-state index >= 15 is 0 Å². The third-order valence-electron chi connectivity index (χ3n) is 4.28. The fourth-order valence-electron chi connectivity index (χ4n) is 2.82. The van der Waals surface area contributed by atoms with Crippen molar-refractivity contribution in [2.45, 2.75) is 45.3 Å². The third-order valence-corrected chi connectivity index (χ3v) is 4.28. The van der Waals surface area contributed by atoms with Crippen molar-refractivity contribution in [1.82, 2.24) is 15.0 Å². The molecule has 1 fully saturated rings. The zero-order valence-electron chi connectivity index (χ0n) is 15.8. The van der Waals surface area contributed by atoms with Crippen LogP contribution in [0.5, 0.6) is 5.75 Å². The summed E-state index contributed by atoms with van der Waals surface area (Å²) in [6.07, 6.45) is 3.88. The van der Waals surface area contributed by atoms with Gasteiger partial charge in [0.25, 0.3) is 0 Å². The highest BCUT2D eigenvalue weighted by Crippen LogP contribution is 2.25. The second kappa shape index (κ2) is 9.36. The number of nitrogens with one attached hydrogen (secondary N) is 1. The van der Waals surface area contributed by atoms with E-state index in [9.17, 15) is 4.79 Å². The molecule has 146 valence electrons. The van der Waals surface area contributed by atoms with E-state index in [1.807, 2.05) is 31.2 Å². The molecule has 2 aromatic rings. The molecule has 2 heterocycles. The van der Waals surface area contributed by atoms with Gasteiger partial charge in [-0.15, -0.1) is 0 Å². The average molecular weight is 374 g/mol. The number of hydrogen-bond acceptors (Lipinski definition) is 6. The van der Waals surface area contributed by atoms with Gasteiger partial charge in [-0.1, -0.05) is 24.2 Å². The summed E-state index contributed by atoms with van der Waals surface area (Å²) in [7, 11) is 1.68. The Balaban J connectivity index is 1.55. The van der Waals surface area contributed by atoms with Crippen LogP contribution in [0.2, 0.25) is 0 Å². The molecule has 1 aliphatic rings. The van der Waals surface area contributed by atoms with Gasteiger partial charge in [0.1, 0.15) is 18.9 Å². The minimum atomic E-state index is -0.279. The molecule has 0 aliphatic carbocycles. The van der Waals surface area contributed by atoms with Crippen LogP contribution >= 0.6 is 0 Å². The Bertz CT molecular complexity index is 743. The van der Waals surface area contributed by atoms with Crippen molar-refractivity contribution in [1.29, 1.82) is 0 Å². The second-order valence-corrected chi connectivity index (χ2v) is 6.58. The first-order valence-electron chi connectivity index (χ1n) is 9.32. The minimum absolute atomic E-state index is 0.117. The van der Waals surface area contributed by atoms with Gasteiger partial charge in [-0.3, -0.25) is 0 Å². The van der Waals surface area contributed by atoms with Gasteiger partial charge in [-0.2, -0.15) is 4.98 Å². The van der Waals surface area contributed by atoms with Crippen molar-refractivity contribution >= 4 is 11.7 Å². The van der Waals surface area contributed by atoms with E-state index in [0.29, 0.717) is 29.8 Å². The maximum absolute atomic E-state index is 12.5. The normalized spacial score (nSPS) is 16.3.